The van der Waals surface area contributed by atoms with Gasteiger partial charge in [0.25, 0.3) is 0 Å². The van der Waals surface area contributed by atoms with Crippen LogP contribution in [0.1, 0.15) is 53.5 Å². The third-order valence-corrected chi connectivity index (χ3v) is 5.38. The van der Waals surface area contributed by atoms with Crippen LogP contribution in [0.25, 0.3) is 0 Å². The first-order valence-corrected chi connectivity index (χ1v) is 9.76. The van der Waals surface area contributed by atoms with Gasteiger partial charge in [0, 0.05) is 0 Å². The molecule has 0 amide bonds. The highest BCUT2D eigenvalue weighted by atomic mass is 127. The molecule has 0 saturated heterocycles. The lowest BCUT2D eigenvalue weighted by Crippen LogP contribution is -2.16. The zero-order chi connectivity index (χ0) is 20.0. The van der Waals surface area contributed by atoms with Crippen molar-refractivity contribution in [3.8, 4) is 5.75 Å². The fourth-order valence-corrected chi connectivity index (χ4v) is 3.05. The Hall–Kier alpha value is -2.09. The molecule has 0 bridgehead atoms. The van der Waals surface area contributed by atoms with Gasteiger partial charge < -0.3 is 14.6 Å². The Morgan fingerprint density at radius 2 is 1.67 bits per heavy atom. The van der Waals surface area contributed by atoms with Gasteiger partial charge in [-0.05, 0) is 70.3 Å². The maximum atomic E-state index is 12.1. The van der Waals surface area contributed by atoms with E-state index in [4.69, 9.17) is 14.6 Å². The predicted octanol–water partition coefficient (Wildman–Crippen LogP) is 4.91. The lowest BCUT2D eigenvalue weighted by molar-refractivity contribution is 0.0449. The molecule has 5 nitrogen and oxygen atoms in total. The summed E-state index contributed by atoms with van der Waals surface area (Å²) in [7, 11) is 0. The van der Waals surface area contributed by atoms with Gasteiger partial charge in [0.05, 0.1) is 14.7 Å². The molecule has 0 aliphatic carbocycles. The number of carbonyl (C=O) groups is 2. The van der Waals surface area contributed by atoms with Gasteiger partial charge in [-0.25, -0.2) is 9.59 Å². The summed E-state index contributed by atoms with van der Waals surface area (Å²) in [6.07, 6.45) is 1.01. The lowest BCUT2D eigenvalue weighted by atomic mass is 9.82. The quantitative estimate of drug-likeness (QED) is 0.329. The van der Waals surface area contributed by atoms with Crippen molar-refractivity contribution in [2.45, 2.75) is 32.6 Å². The van der Waals surface area contributed by atoms with Crippen LogP contribution in [0, 0.1) is 3.57 Å². The Balaban J connectivity index is 1.85. The third kappa shape index (κ3) is 5.69. The molecule has 144 valence electrons. The van der Waals surface area contributed by atoms with Crippen molar-refractivity contribution in [3.63, 3.8) is 0 Å². The van der Waals surface area contributed by atoms with Crippen LogP contribution in [0.3, 0.4) is 0 Å². The van der Waals surface area contributed by atoms with Crippen molar-refractivity contribution < 1.29 is 24.2 Å². The number of rotatable bonds is 8. The van der Waals surface area contributed by atoms with Crippen molar-refractivity contribution in [2.75, 3.05) is 13.2 Å². The number of esters is 1. The summed E-state index contributed by atoms with van der Waals surface area (Å²) in [5, 5.41) is 8.96. The minimum absolute atomic E-state index is 0.0730. The van der Waals surface area contributed by atoms with Crippen molar-refractivity contribution in [1.82, 2.24) is 0 Å². The molecular formula is C21H23IO5. The summed E-state index contributed by atoms with van der Waals surface area (Å²) in [6.45, 7) is 6.77. The van der Waals surface area contributed by atoms with E-state index in [0.717, 1.165) is 6.42 Å². The first-order chi connectivity index (χ1) is 12.7. The summed E-state index contributed by atoms with van der Waals surface area (Å²) < 4.78 is 11.5. The Bertz CT molecular complexity index is 812. The number of hydrogen-bond donors (Lipinski definition) is 1. The van der Waals surface area contributed by atoms with Crippen molar-refractivity contribution in [3.05, 3.63) is 62.7 Å². The van der Waals surface area contributed by atoms with Crippen molar-refractivity contribution >= 4 is 34.5 Å². The topological polar surface area (TPSA) is 72.8 Å². The standard InChI is InChI=1S/C21H23IO5/c1-4-21(2,3)16-8-5-14(6-9-16)20(25)27-12-11-26-18-10-7-15(19(23)24)13-17(18)22/h5-10,13H,4,11-12H2,1-3H3,(H,23,24). The molecule has 2 rings (SSSR count). The van der Waals surface area contributed by atoms with Gasteiger partial charge in [0.2, 0.25) is 0 Å². The minimum Gasteiger partial charge on any atom is -0.489 e. The lowest BCUT2D eigenvalue weighted by Gasteiger charge is -2.23. The Kier molecular flexibility index (Phi) is 7.24. The van der Waals surface area contributed by atoms with Crippen LogP contribution in [0.4, 0.5) is 0 Å². The van der Waals surface area contributed by atoms with Crippen molar-refractivity contribution in [1.29, 1.82) is 0 Å². The molecule has 0 spiro atoms. The number of benzene rings is 2. The highest BCUT2D eigenvalue weighted by Crippen LogP contribution is 2.26. The summed E-state index contributed by atoms with van der Waals surface area (Å²) >= 11 is 2.01. The van der Waals surface area contributed by atoms with E-state index in [-0.39, 0.29) is 24.2 Å². The van der Waals surface area contributed by atoms with Gasteiger partial charge in [-0.1, -0.05) is 32.9 Å². The molecule has 0 aliphatic rings. The van der Waals surface area contributed by atoms with Gasteiger partial charge in [-0.2, -0.15) is 0 Å². The molecule has 0 unspecified atom stereocenters. The van der Waals surface area contributed by atoms with E-state index in [0.29, 0.717) is 14.9 Å². The van der Waals surface area contributed by atoms with Crippen LogP contribution in [-0.2, 0) is 10.2 Å². The van der Waals surface area contributed by atoms with Crippen molar-refractivity contribution in [2.24, 2.45) is 0 Å². The number of carboxylic acid groups (broad SMARTS) is 1. The van der Waals surface area contributed by atoms with Crippen LogP contribution in [0.2, 0.25) is 0 Å². The number of halogens is 1. The molecule has 2 aromatic carbocycles. The van der Waals surface area contributed by atoms with E-state index in [2.05, 4.69) is 20.8 Å². The zero-order valence-electron chi connectivity index (χ0n) is 15.6. The second kappa shape index (κ2) is 9.21. The molecule has 0 aromatic heterocycles. The van der Waals surface area contributed by atoms with E-state index in [1.54, 1.807) is 18.2 Å². The van der Waals surface area contributed by atoms with E-state index in [1.165, 1.54) is 17.7 Å². The number of ether oxygens (including phenoxy) is 2. The molecule has 0 heterocycles. The van der Waals surface area contributed by atoms with Gasteiger partial charge in [0.1, 0.15) is 19.0 Å². The predicted molar refractivity (Wildman–Crippen MR) is 112 cm³/mol. The molecule has 0 radical (unpaired) electrons. The van der Waals surface area contributed by atoms with Crippen LogP contribution in [-0.4, -0.2) is 30.3 Å². The second-order valence-corrected chi connectivity index (χ2v) is 7.91. The molecular weight excluding hydrogens is 459 g/mol. The molecule has 0 aliphatic heterocycles. The monoisotopic (exact) mass is 482 g/mol. The number of carboxylic acids is 1. The Morgan fingerprint density at radius 3 is 2.22 bits per heavy atom. The molecule has 1 N–H and O–H groups in total. The first kappa shape index (κ1) is 21.2. The number of aromatic carboxylic acids is 1. The summed E-state index contributed by atoms with van der Waals surface area (Å²) in [5.74, 6) is -0.820. The van der Waals surface area contributed by atoms with Gasteiger partial charge >= 0.3 is 11.9 Å². The van der Waals surface area contributed by atoms with E-state index in [9.17, 15) is 9.59 Å². The first-order valence-electron chi connectivity index (χ1n) is 8.68. The van der Waals surface area contributed by atoms with Gasteiger partial charge in [-0.15, -0.1) is 0 Å². The fourth-order valence-electron chi connectivity index (χ4n) is 2.38. The summed E-state index contributed by atoms with van der Waals surface area (Å²) in [5.41, 5.74) is 1.96. The van der Waals surface area contributed by atoms with Crippen LogP contribution in [0.5, 0.6) is 5.75 Å². The minimum atomic E-state index is -0.985. The largest absolute Gasteiger partial charge is 0.489 e. The smallest absolute Gasteiger partial charge is 0.338 e. The molecule has 27 heavy (non-hydrogen) atoms. The Labute approximate surface area is 172 Å². The van der Waals surface area contributed by atoms with Crippen LogP contribution in [0.15, 0.2) is 42.5 Å². The van der Waals surface area contributed by atoms with Crippen LogP contribution < -0.4 is 4.74 Å². The fraction of sp³-hybridized carbons (Fsp3) is 0.333. The molecule has 0 atom stereocenters. The third-order valence-electron chi connectivity index (χ3n) is 4.54. The van der Waals surface area contributed by atoms with E-state index >= 15 is 0 Å². The molecule has 0 fully saturated rings. The van der Waals surface area contributed by atoms with Gasteiger partial charge in [-0.3, -0.25) is 0 Å². The van der Waals surface area contributed by atoms with Crippen LogP contribution >= 0.6 is 22.6 Å². The molecule has 2 aromatic rings. The number of hydrogen-bond acceptors (Lipinski definition) is 4. The van der Waals surface area contributed by atoms with E-state index in [1.807, 2.05) is 34.7 Å². The normalized spacial score (nSPS) is 11.1. The van der Waals surface area contributed by atoms with Gasteiger partial charge in [0.15, 0.2) is 0 Å². The van der Waals surface area contributed by atoms with E-state index < -0.39 is 11.9 Å². The highest BCUT2D eigenvalue weighted by Gasteiger charge is 2.18. The average Bonchev–Trinajstić information content (AvgIpc) is 2.66. The second-order valence-electron chi connectivity index (χ2n) is 6.75. The highest BCUT2D eigenvalue weighted by molar-refractivity contribution is 14.1. The number of carbonyl (C=O) groups excluding carboxylic acids is 1. The average molecular weight is 482 g/mol. The maximum Gasteiger partial charge on any atom is 0.338 e. The Morgan fingerprint density at radius 1 is 1.04 bits per heavy atom. The summed E-state index contributed by atoms with van der Waals surface area (Å²) in [4.78, 5) is 23.1. The SMILES string of the molecule is CCC(C)(C)c1ccc(C(=O)OCCOc2ccc(C(=O)O)cc2I)cc1. The maximum absolute atomic E-state index is 12.1. The molecule has 6 heteroatoms. The molecule has 0 saturated carbocycles. The zero-order valence-corrected chi connectivity index (χ0v) is 17.8. The summed E-state index contributed by atoms with van der Waals surface area (Å²) in [6, 6.07) is 12.1.